The highest BCUT2D eigenvalue weighted by molar-refractivity contribution is 5.87. The van der Waals surface area contributed by atoms with Crippen LogP contribution in [-0.2, 0) is 33.4 Å². The molecule has 0 aliphatic heterocycles. The van der Waals surface area contributed by atoms with Crippen LogP contribution >= 0.6 is 0 Å². The fourth-order valence-corrected chi connectivity index (χ4v) is 1.47. The number of ether oxygens (including phenoxy) is 3. The summed E-state index contributed by atoms with van der Waals surface area (Å²) in [5.41, 5.74) is 0. The summed E-state index contributed by atoms with van der Waals surface area (Å²) in [5, 5.41) is 9.05. The van der Waals surface area contributed by atoms with Crippen LogP contribution in [0.5, 0.6) is 0 Å². The van der Waals surface area contributed by atoms with Crippen LogP contribution in [0.15, 0.2) is 0 Å². The third-order valence-electron chi connectivity index (χ3n) is 2.54. The molecule has 0 rings (SSSR count). The van der Waals surface area contributed by atoms with Crippen molar-refractivity contribution in [3.05, 3.63) is 0 Å². The zero-order valence-corrected chi connectivity index (χ0v) is 10.9. The molecule has 2 unspecified atom stereocenters. The number of carboxylic acids is 1. The van der Waals surface area contributed by atoms with Gasteiger partial charge in [0, 0.05) is 0 Å². The van der Waals surface area contributed by atoms with Crippen LogP contribution in [0, 0.1) is 11.8 Å². The van der Waals surface area contributed by atoms with E-state index in [1.807, 2.05) is 0 Å². The van der Waals surface area contributed by atoms with Gasteiger partial charge >= 0.3 is 23.9 Å². The smallest absolute Gasteiger partial charge is 0.310 e. The molecule has 1 N–H and O–H groups in total. The zero-order valence-electron chi connectivity index (χ0n) is 10.9. The minimum absolute atomic E-state index is 0.489. The van der Waals surface area contributed by atoms with Gasteiger partial charge in [-0.1, -0.05) is 0 Å². The molecular weight excluding hydrogens is 260 g/mol. The molecule has 0 aromatic carbocycles. The van der Waals surface area contributed by atoms with Gasteiger partial charge in [-0.2, -0.15) is 0 Å². The van der Waals surface area contributed by atoms with Gasteiger partial charge < -0.3 is 19.3 Å². The first kappa shape index (κ1) is 16.9. The quantitative estimate of drug-likeness (QED) is 0.493. The maximum atomic E-state index is 11.5. The van der Waals surface area contributed by atoms with E-state index >= 15 is 0 Å². The second-order valence-electron chi connectivity index (χ2n) is 3.63. The highest BCUT2D eigenvalue weighted by atomic mass is 16.5. The van der Waals surface area contributed by atoms with Crippen LogP contribution in [0.2, 0.25) is 0 Å². The van der Waals surface area contributed by atoms with E-state index in [-0.39, 0.29) is 0 Å². The Morgan fingerprint density at radius 2 is 1.26 bits per heavy atom. The predicted octanol–water partition coefficient (Wildman–Crippen LogP) is -0.397. The second-order valence-corrected chi connectivity index (χ2v) is 3.63. The van der Waals surface area contributed by atoms with Crippen LogP contribution in [0.25, 0.3) is 0 Å². The summed E-state index contributed by atoms with van der Waals surface area (Å²) >= 11 is 0. The lowest BCUT2D eigenvalue weighted by molar-refractivity contribution is -0.162. The fourth-order valence-electron chi connectivity index (χ4n) is 1.47. The second kappa shape index (κ2) is 8.06. The summed E-state index contributed by atoms with van der Waals surface area (Å²) in [4.78, 5) is 45.0. The number of carbonyl (C=O) groups is 4. The first-order valence-corrected chi connectivity index (χ1v) is 5.31. The number of hydrogen-bond acceptors (Lipinski definition) is 7. The molecule has 0 bridgehead atoms. The molecule has 108 valence electrons. The molecule has 0 heterocycles. The van der Waals surface area contributed by atoms with Gasteiger partial charge in [0.15, 0.2) is 0 Å². The lowest BCUT2D eigenvalue weighted by Gasteiger charge is -2.19. The predicted molar refractivity (Wildman–Crippen MR) is 59.9 cm³/mol. The van der Waals surface area contributed by atoms with E-state index in [9.17, 15) is 19.2 Å². The Labute approximate surface area is 109 Å². The maximum absolute atomic E-state index is 11.5. The average molecular weight is 276 g/mol. The van der Waals surface area contributed by atoms with Gasteiger partial charge in [0.2, 0.25) is 0 Å². The number of rotatable bonds is 7. The molecule has 0 aliphatic rings. The van der Waals surface area contributed by atoms with Crippen molar-refractivity contribution in [3.63, 3.8) is 0 Å². The molecule has 0 amide bonds. The van der Waals surface area contributed by atoms with E-state index in [1.165, 1.54) is 0 Å². The van der Waals surface area contributed by atoms with Crippen molar-refractivity contribution in [1.29, 1.82) is 0 Å². The number of carboxylic acid groups (broad SMARTS) is 1. The molecule has 8 nitrogen and oxygen atoms in total. The maximum Gasteiger partial charge on any atom is 0.310 e. The third kappa shape index (κ3) is 5.36. The van der Waals surface area contributed by atoms with Gasteiger partial charge in [-0.15, -0.1) is 0 Å². The van der Waals surface area contributed by atoms with Crippen molar-refractivity contribution in [2.45, 2.75) is 12.8 Å². The number of methoxy groups -OCH3 is 3. The molecule has 0 aromatic heterocycles. The van der Waals surface area contributed by atoms with E-state index in [4.69, 9.17) is 5.11 Å². The minimum Gasteiger partial charge on any atom is -0.481 e. The van der Waals surface area contributed by atoms with Crippen LogP contribution < -0.4 is 0 Å². The molecule has 19 heavy (non-hydrogen) atoms. The van der Waals surface area contributed by atoms with Gasteiger partial charge in [-0.25, -0.2) is 0 Å². The van der Waals surface area contributed by atoms with Crippen LogP contribution in [0.4, 0.5) is 0 Å². The lowest BCUT2D eigenvalue weighted by Crippen LogP contribution is -2.34. The highest BCUT2D eigenvalue weighted by Gasteiger charge is 2.38. The van der Waals surface area contributed by atoms with Crippen LogP contribution in [0.3, 0.4) is 0 Å². The van der Waals surface area contributed by atoms with E-state index in [2.05, 4.69) is 14.2 Å². The van der Waals surface area contributed by atoms with Crippen molar-refractivity contribution in [2.75, 3.05) is 21.3 Å². The standard InChI is InChI=1S/C11H16O8/c1-17-8(12)4-6(10(14)15)7(11(16)19-3)5-9(13)18-2/h6-7H,4-5H2,1-3H3,(H,14,15). The van der Waals surface area contributed by atoms with Gasteiger partial charge in [0.05, 0.1) is 46.0 Å². The first-order chi connectivity index (χ1) is 8.87. The first-order valence-electron chi connectivity index (χ1n) is 5.31. The Morgan fingerprint density at radius 1 is 0.842 bits per heavy atom. The van der Waals surface area contributed by atoms with Gasteiger partial charge in [-0.05, 0) is 0 Å². The van der Waals surface area contributed by atoms with Gasteiger partial charge in [-0.3, -0.25) is 19.2 Å². The topological polar surface area (TPSA) is 116 Å². The summed E-state index contributed by atoms with van der Waals surface area (Å²) in [6.45, 7) is 0. The van der Waals surface area contributed by atoms with Gasteiger partial charge in [0.1, 0.15) is 0 Å². The van der Waals surface area contributed by atoms with Gasteiger partial charge in [0.25, 0.3) is 0 Å². The Hall–Kier alpha value is -2.12. The largest absolute Gasteiger partial charge is 0.481 e. The number of esters is 3. The van der Waals surface area contributed by atoms with Crippen molar-refractivity contribution in [3.8, 4) is 0 Å². The molecule has 0 saturated carbocycles. The molecule has 0 aromatic rings. The van der Waals surface area contributed by atoms with Crippen molar-refractivity contribution in [2.24, 2.45) is 11.8 Å². The van der Waals surface area contributed by atoms with E-state index in [1.54, 1.807) is 0 Å². The average Bonchev–Trinajstić information content (AvgIpc) is 2.40. The summed E-state index contributed by atoms with van der Waals surface area (Å²) in [6, 6.07) is 0. The van der Waals surface area contributed by atoms with E-state index in [0.29, 0.717) is 0 Å². The third-order valence-corrected chi connectivity index (χ3v) is 2.54. The molecular formula is C11H16O8. The zero-order chi connectivity index (χ0) is 15.0. The number of aliphatic carboxylic acids is 1. The molecule has 0 saturated heterocycles. The molecule has 8 heteroatoms. The molecule has 0 radical (unpaired) electrons. The number of carbonyl (C=O) groups excluding carboxylic acids is 3. The Kier molecular flexibility index (Phi) is 7.16. The summed E-state index contributed by atoms with van der Waals surface area (Å²) in [5.74, 6) is -6.60. The Morgan fingerprint density at radius 3 is 1.58 bits per heavy atom. The number of hydrogen-bond donors (Lipinski definition) is 1. The highest BCUT2D eigenvalue weighted by Crippen LogP contribution is 2.23. The van der Waals surface area contributed by atoms with Crippen LogP contribution in [0.1, 0.15) is 12.8 Å². The van der Waals surface area contributed by atoms with E-state index < -0.39 is 48.6 Å². The summed E-state index contributed by atoms with van der Waals surface area (Å²) in [6.07, 6.45) is -1.03. The SMILES string of the molecule is COC(=O)CC(C(=O)O)C(CC(=O)OC)C(=O)OC. The molecule has 0 fully saturated rings. The van der Waals surface area contributed by atoms with E-state index in [0.717, 1.165) is 21.3 Å². The normalized spacial score (nSPS) is 13.0. The summed E-state index contributed by atoms with van der Waals surface area (Å²) < 4.78 is 13.2. The van der Waals surface area contributed by atoms with Crippen molar-refractivity contribution >= 4 is 23.9 Å². The molecule has 2 atom stereocenters. The minimum atomic E-state index is -1.42. The van der Waals surface area contributed by atoms with Crippen molar-refractivity contribution in [1.82, 2.24) is 0 Å². The Bertz CT molecular complexity index is 362. The molecule has 0 spiro atoms. The lowest BCUT2D eigenvalue weighted by atomic mass is 9.87. The molecule has 0 aliphatic carbocycles. The Balaban J connectivity index is 5.13. The van der Waals surface area contributed by atoms with Crippen molar-refractivity contribution < 1.29 is 38.5 Å². The monoisotopic (exact) mass is 276 g/mol. The summed E-state index contributed by atoms with van der Waals surface area (Å²) in [7, 11) is 3.26. The van der Waals surface area contributed by atoms with Crippen LogP contribution in [-0.4, -0.2) is 50.3 Å². The fraction of sp³-hybridized carbons (Fsp3) is 0.636.